The summed E-state index contributed by atoms with van der Waals surface area (Å²) in [4.78, 5) is 28.3. The molecule has 5 nitrogen and oxygen atoms in total. The zero-order valence-electron chi connectivity index (χ0n) is 12.1. The van der Waals surface area contributed by atoms with Crippen LogP contribution in [-0.2, 0) is 9.59 Å². The third kappa shape index (κ3) is 3.14. The van der Waals surface area contributed by atoms with Crippen molar-refractivity contribution in [2.45, 2.75) is 12.3 Å². The predicted molar refractivity (Wildman–Crippen MR) is 79.8 cm³/mol. The van der Waals surface area contributed by atoms with Crippen molar-refractivity contribution in [3.05, 3.63) is 35.9 Å². The van der Waals surface area contributed by atoms with Gasteiger partial charge in [-0.15, -0.1) is 0 Å². The minimum Gasteiger partial charge on any atom is -0.314 e. The molecule has 5 heteroatoms. The van der Waals surface area contributed by atoms with Gasteiger partial charge in [-0.1, -0.05) is 30.3 Å². The fourth-order valence-corrected chi connectivity index (χ4v) is 3.04. The van der Waals surface area contributed by atoms with Crippen LogP contribution >= 0.6 is 0 Å². The molecule has 112 valence electrons. The quantitative estimate of drug-likeness (QED) is 0.816. The van der Waals surface area contributed by atoms with Gasteiger partial charge in [0, 0.05) is 45.7 Å². The van der Waals surface area contributed by atoms with Crippen LogP contribution in [0.25, 0.3) is 0 Å². The number of likely N-dealkylation sites (tertiary alicyclic amines) is 1. The Morgan fingerprint density at radius 2 is 1.76 bits per heavy atom. The van der Waals surface area contributed by atoms with Gasteiger partial charge < -0.3 is 5.32 Å². The Labute approximate surface area is 124 Å². The first-order valence-electron chi connectivity index (χ1n) is 7.58. The summed E-state index contributed by atoms with van der Waals surface area (Å²) >= 11 is 0. The van der Waals surface area contributed by atoms with Gasteiger partial charge in [0.25, 0.3) is 0 Å². The molecule has 0 saturated carbocycles. The largest absolute Gasteiger partial charge is 0.314 e. The Balaban J connectivity index is 1.61. The number of nitrogens with zero attached hydrogens (tertiary/aromatic N) is 2. The summed E-state index contributed by atoms with van der Waals surface area (Å²) in [6.07, 6.45) is 0.310. The lowest BCUT2D eigenvalue weighted by molar-refractivity contribution is -0.138. The highest BCUT2D eigenvalue weighted by atomic mass is 16.2. The highest BCUT2D eigenvalue weighted by molar-refractivity contribution is 6.06. The Hall–Kier alpha value is -1.72. The summed E-state index contributed by atoms with van der Waals surface area (Å²) in [5, 5.41) is 3.30. The number of nitrogens with one attached hydrogen (secondary N) is 1. The maximum absolute atomic E-state index is 12.5. The number of amides is 2. The van der Waals surface area contributed by atoms with E-state index in [4.69, 9.17) is 0 Å². The molecule has 2 aliphatic rings. The Morgan fingerprint density at radius 3 is 2.48 bits per heavy atom. The van der Waals surface area contributed by atoms with Gasteiger partial charge >= 0.3 is 0 Å². The number of rotatable bonds is 4. The second kappa shape index (κ2) is 6.37. The molecule has 1 N–H and O–H groups in total. The fraction of sp³-hybridized carbons (Fsp3) is 0.500. The van der Waals surface area contributed by atoms with Crippen LogP contribution in [0.3, 0.4) is 0 Å². The number of carbonyl (C=O) groups is 2. The van der Waals surface area contributed by atoms with E-state index in [0.717, 1.165) is 38.3 Å². The summed E-state index contributed by atoms with van der Waals surface area (Å²) in [7, 11) is 0. The molecule has 2 fully saturated rings. The maximum atomic E-state index is 12.5. The number of imide groups is 1. The molecule has 0 bridgehead atoms. The molecule has 2 heterocycles. The van der Waals surface area contributed by atoms with E-state index in [1.165, 1.54) is 4.90 Å². The number of piperazine rings is 1. The van der Waals surface area contributed by atoms with Gasteiger partial charge in [0.2, 0.25) is 11.8 Å². The van der Waals surface area contributed by atoms with Crippen LogP contribution in [0.2, 0.25) is 0 Å². The number of benzene rings is 1. The average Bonchev–Trinajstić information content (AvgIpc) is 2.82. The molecular weight excluding hydrogens is 266 g/mol. The third-order valence-electron chi connectivity index (χ3n) is 4.30. The lowest BCUT2D eigenvalue weighted by Gasteiger charge is -2.28. The van der Waals surface area contributed by atoms with Crippen LogP contribution in [0.4, 0.5) is 0 Å². The molecule has 21 heavy (non-hydrogen) atoms. The Kier molecular flexibility index (Phi) is 4.31. The second-order valence-electron chi connectivity index (χ2n) is 5.64. The molecule has 1 aromatic carbocycles. The lowest BCUT2D eigenvalue weighted by Crippen LogP contribution is -2.47. The first-order chi connectivity index (χ1) is 10.3. The van der Waals surface area contributed by atoms with Crippen LogP contribution in [-0.4, -0.2) is 60.9 Å². The normalized spacial score (nSPS) is 23.8. The minimum atomic E-state index is -0.290. The standard InChI is InChI=1S/C16H21N3O2/c20-15-12-14(13-4-2-1-3-5-13)16(21)19(15)11-10-18-8-6-17-7-9-18/h1-5,14,17H,6-12H2/t14-/m0/s1. The molecule has 2 saturated heterocycles. The van der Waals surface area contributed by atoms with Crippen molar-refractivity contribution in [1.29, 1.82) is 0 Å². The van der Waals surface area contributed by atoms with Crippen LogP contribution in [0, 0.1) is 0 Å². The van der Waals surface area contributed by atoms with E-state index in [-0.39, 0.29) is 17.7 Å². The van der Waals surface area contributed by atoms with Gasteiger partial charge in [-0.3, -0.25) is 19.4 Å². The third-order valence-corrected chi connectivity index (χ3v) is 4.30. The van der Waals surface area contributed by atoms with Crippen LogP contribution in [0.5, 0.6) is 0 Å². The van der Waals surface area contributed by atoms with Crippen molar-refractivity contribution >= 4 is 11.8 Å². The van der Waals surface area contributed by atoms with Crippen molar-refractivity contribution < 1.29 is 9.59 Å². The predicted octanol–water partition coefficient (Wildman–Crippen LogP) is 0.434. The monoisotopic (exact) mass is 287 g/mol. The molecule has 3 rings (SSSR count). The first-order valence-corrected chi connectivity index (χ1v) is 7.58. The van der Waals surface area contributed by atoms with E-state index in [2.05, 4.69) is 10.2 Å². The van der Waals surface area contributed by atoms with Gasteiger partial charge in [0.05, 0.1) is 5.92 Å². The second-order valence-corrected chi connectivity index (χ2v) is 5.64. The van der Waals surface area contributed by atoms with Gasteiger partial charge in [-0.2, -0.15) is 0 Å². The van der Waals surface area contributed by atoms with Crippen molar-refractivity contribution in [3.8, 4) is 0 Å². The average molecular weight is 287 g/mol. The highest BCUT2D eigenvalue weighted by Gasteiger charge is 2.39. The summed E-state index contributed by atoms with van der Waals surface area (Å²) in [6, 6.07) is 9.60. The topological polar surface area (TPSA) is 52.7 Å². The number of hydrogen-bond donors (Lipinski definition) is 1. The van der Waals surface area contributed by atoms with Gasteiger partial charge in [-0.25, -0.2) is 0 Å². The van der Waals surface area contributed by atoms with Crippen molar-refractivity contribution in [1.82, 2.24) is 15.1 Å². The number of carbonyl (C=O) groups excluding carboxylic acids is 2. The SMILES string of the molecule is O=C1C[C@@H](c2ccccc2)C(=O)N1CCN1CCNCC1. The van der Waals surface area contributed by atoms with Gasteiger partial charge in [0.15, 0.2) is 0 Å². The maximum Gasteiger partial charge on any atom is 0.237 e. The van der Waals surface area contributed by atoms with E-state index in [1.54, 1.807) is 0 Å². The van der Waals surface area contributed by atoms with Crippen LogP contribution in [0.1, 0.15) is 17.9 Å². The molecule has 0 radical (unpaired) electrons. The molecular formula is C16H21N3O2. The minimum absolute atomic E-state index is 0.0380. The zero-order chi connectivity index (χ0) is 14.7. The summed E-state index contributed by atoms with van der Waals surface area (Å²) in [5.41, 5.74) is 0.945. The zero-order valence-corrected chi connectivity index (χ0v) is 12.1. The number of hydrogen-bond acceptors (Lipinski definition) is 4. The lowest BCUT2D eigenvalue weighted by atomic mass is 9.98. The fourth-order valence-electron chi connectivity index (χ4n) is 3.04. The van der Waals surface area contributed by atoms with E-state index in [0.29, 0.717) is 13.0 Å². The molecule has 2 aliphatic heterocycles. The Morgan fingerprint density at radius 1 is 1.05 bits per heavy atom. The molecule has 0 spiro atoms. The van der Waals surface area contributed by atoms with E-state index in [9.17, 15) is 9.59 Å². The highest BCUT2D eigenvalue weighted by Crippen LogP contribution is 2.29. The molecule has 0 unspecified atom stereocenters. The van der Waals surface area contributed by atoms with E-state index in [1.807, 2.05) is 30.3 Å². The molecule has 0 aliphatic carbocycles. The van der Waals surface area contributed by atoms with E-state index >= 15 is 0 Å². The smallest absolute Gasteiger partial charge is 0.237 e. The molecule has 1 atom stereocenters. The molecule has 2 amide bonds. The summed E-state index contributed by atoms with van der Waals surface area (Å²) in [6.45, 7) is 5.22. The molecule has 1 aromatic rings. The van der Waals surface area contributed by atoms with E-state index < -0.39 is 0 Å². The van der Waals surface area contributed by atoms with Crippen LogP contribution in [0.15, 0.2) is 30.3 Å². The Bertz CT molecular complexity index is 512. The van der Waals surface area contributed by atoms with Crippen molar-refractivity contribution in [2.75, 3.05) is 39.3 Å². The van der Waals surface area contributed by atoms with Crippen molar-refractivity contribution in [2.24, 2.45) is 0 Å². The van der Waals surface area contributed by atoms with Crippen molar-refractivity contribution in [3.63, 3.8) is 0 Å². The van der Waals surface area contributed by atoms with Gasteiger partial charge in [-0.05, 0) is 5.56 Å². The summed E-state index contributed by atoms with van der Waals surface area (Å²) in [5.74, 6) is -0.368. The first kappa shape index (κ1) is 14.2. The summed E-state index contributed by atoms with van der Waals surface area (Å²) < 4.78 is 0. The van der Waals surface area contributed by atoms with Crippen LogP contribution < -0.4 is 5.32 Å². The molecule has 0 aromatic heterocycles. The van der Waals surface area contributed by atoms with Gasteiger partial charge in [0.1, 0.15) is 0 Å².